The van der Waals surface area contributed by atoms with Crippen molar-refractivity contribution in [3.63, 3.8) is 0 Å². The van der Waals surface area contributed by atoms with Crippen LogP contribution in [0.2, 0.25) is 0 Å². The van der Waals surface area contributed by atoms with Crippen LogP contribution in [0.1, 0.15) is 12.5 Å². The summed E-state index contributed by atoms with van der Waals surface area (Å²) in [7, 11) is 1.30. The normalized spacial score (nSPS) is 11.4. The van der Waals surface area contributed by atoms with E-state index in [2.05, 4.69) is 4.74 Å². The van der Waals surface area contributed by atoms with Gasteiger partial charge in [-0.1, -0.05) is 30.3 Å². The van der Waals surface area contributed by atoms with Crippen molar-refractivity contribution in [2.75, 3.05) is 13.7 Å². The van der Waals surface area contributed by atoms with Crippen LogP contribution in [0.4, 0.5) is 0 Å². The van der Waals surface area contributed by atoms with Crippen LogP contribution in [0.3, 0.4) is 0 Å². The summed E-state index contributed by atoms with van der Waals surface area (Å²) >= 11 is 0. The molecule has 0 aliphatic carbocycles. The van der Waals surface area contributed by atoms with E-state index in [0.29, 0.717) is 18.1 Å². The topological polar surface area (TPSA) is 71.1 Å². The first kappa shape index (κ1) is 18.5. The van der Waals surface area contributed by atoms with Gasteiger partial charge in [-0.05, 0) is 36.8 Å². The Morgan fingerprint density at radius 2 is 1.60 bits per heavy atom. The monoisotopic (exact) mass is 344 g/mol. The lowest BCUT2D eigenvalue weighted by molar-refractivity contribution is -0.147. The Balaban J connectivity index is 1.76. The molecule has 2 aromatic carbocycles. The van der Waals surface area contributed by atoms with Gasteiger partial charge in [0.1, 0.15) is 18.1 Å². The molecule has 25 heavy (non-hydrogen) atoms. The van der Waals surface area contributed by atoms with Crippen molar-refractivity contribution in [2.24, 2.45) is 0 Å². The van der Waals surface area contributed by atoms with Crippen molar-refractivity contribution in [3.8, 4) is 11.5 Å². The van der Waals surface area contributed by atoms with Crippen LogP contribution in [-0.2, 0) is 25.7 Å². The molecule has 1 atom stereocenters. The average Bonchev–Trinajstić information content (AvgIpc) is 2.63. The van der Waals surface area contributed by atoms with Crippen LogP contribution in [0, 0.1) is 0 Å². The second-order valence-electron chi connectivity index (χ2n) is 5.21. The molecule has 6 heteroatoms. The second kappa shape index (κ2) is 9.44. The fraction of sp³-hybridized carbons (Fsp3) is 0.263. The van der Waals surface area contributed by atoms with E-state index < -0.39 is 18.0 Å². The lowest BCUT2D eigenvalue weighted by atomic mass is 10.2. The predicted molar refractivity (Wildman–Crippen MR) is 90.3 cm³/mol. The van der Waals surface area contributed by atoms with Crippen LogP contribution in [0.15, 0.2) is 54.6 Å². The maximum Gasteiger partial charge on any atom is 0.346 e. The van der Waals surface area contributed by atoms with Crippen molar-refractivity contribution >= 4 is 11.9 Å². The summed E-state index contributed by atoms with van der Waals surface area (Å²) in [6.45, 7) is 1.78. The summed E-state index contributed by atoms with van der Waals surface area (Å²) in [6, 6.07) is 15.9. The van der Waals surface area contributed by atoms with E-state index in [-0.39, 0.29) is 6.61 Å². The van der Waals surface area contributed by atoms with E-state index >= 15 is 0 Å². The largest absolute Gasteiger partial charge is 0.479 e. The van der Waals surface area contributed by atoms with Gasteiger partial charge in [-0.25, -0.2) is 9.59 Å². The van der Waals surface area contributed by atoms with Gasteiger partial charge in [0.05, 0.1) is 13.7 Å². The van der Waals surface area contributed by atoms with Crippen molar-refractivity contribution in [3.05, 3.63) is 60.2 Å². The first-order chi connectivity index (χ1) is 12.1. The van der Waals surface area contributed by atoms with Gasteiger partial charge < -0.3 is 18.9 Å². The van der Waals surface area contributed by atoms with Crippen LogP contribution >= 0.6 is 0 Å². The number of hydrogen-bond donors (Lipinski definition) is 0. The Hall–Kier alpha value is -2.86. The van der Waals surface area contributed by atoms with E-state index in [1.807, 2.05) is 30.3 Å². The number of hydrogen-bond acceptors (Lipinski definition) is 6. The van der Waals surface area contributed by atoms with E-state index in [4.69, 9.17) is 14.2 Å². The highest BCUT2D eigenvalue weighted by molar-refractivity contribution is 5.74. The zero-order chi connectivity index (χ0) is 18.1. The number of carbonyl (C=O) groups excluding carboxylic acids is 2. The van der Waals surface area contributed by atoms with E-state index in [1.54, 1.807) is 31.2 Å². The van der Waals surface area contributed by atoms with Gasteiger partial charge in [-0.3, -0.25) is 0 Å². The summed E-state index contributed by atoms with van der Waals surface area (Å²) in [6.07, 6.45) is -0.718. The zero-order valence-corrected chi connectivity index (χ0v) is 14.1. The molecular formula is C19H20O6. The lowest BCUT2D eigenvalue weighted by Crippen LogP contribution is -2.24. The summed E-state index contributed by atoms with van der Waals surface area (Å²) in [5.41, 5.74) is 0.983. The third-order valence-corrected chi connectivity index (χ3v) is 3.23. The van der Waals surface area contributed by atoms with Crippen molar-refractivity contribution in [1.82, 2.24) is 0 Å². The molecule has 132 valence electrons. The molecule has 0 amide bonds. The minimum absolute atomic E-state index is 0.146. The molecular weight excluding hydrogens is 324 g/mol. The quantitative estimate of drug-likeness (QED) is 0.542. The molecule has 0 bridgehead atoms. The number of esters is 2. The van der Waals surface area contributed by atoms with Crippen LogP contribution < -0.4 is 9.47 Å². The summed E-state index contributed by atoms with van der Waals surface area (Å²) < 4.78 is 20.5. The first-order valence-corrected chi connectivity index (χ1v) is 7.75. The Morgan fingerprint density at radius 3 is 2.24 bits per heavy atom. The first-order valence-electron chi connectivity index (χ1n) is 7.75. The summed E-state index contributed by atoms with van der Waals surface area (Å²) in [5, 5.41) is 0. The second-order valence-corrected chi connectivity index (χ2v) is 5.21. The molecule has 0 N–H and O–H groups in total. The molecule has 2 rings (SSSR count). The molecule has 0 aliphatic heterocycles. The van der Waals surface area contributed by atoms with Gasteiger partial charge in [0.2, 0.25) is 0 Å². The van der Waals surface area contributed by atoms with Crippen LogP contribution in [-0.4, -0.2) is 31.8 Å². The highest BCUT2D eigenvalue weighted by Crippen LogP contribution is 2.19. The molecule has 0 aliphatic rings. The molecule has 0 saturated carbocycles. The van der Waals surface area contributed by atoms with Gasteiger partial charge in [-0.15, -0.1) is 0 Å². The van der Waals surface area contributed by atoms with Crippen molar-refractivity contribution < 1.29 is 28.5 Å². The molecule has 0 spiro atoms. The van der Waals surface area contributed by atoms with Gasteiger partial charge in [0, 0.05) is 0 Å². The molecule has 0 saturated heterocycles. The van der Waals surface area contributed by atoms with E-state index in [0.717, 1.165) is 5.56 Å². The summed E-state index contributed by atoms with van der Waals surface area (Å²) in [5.74, 6) is -0.122. The Labute approximate surface area is 146 Å². The number of methoxy groups -OCH3 is 1. The SMILES string of the molecule is COC(=O)[C@H](C)Oc1ccc(OC(=O)COCc2ccccc2)cc1. The maximum absolute atomic E-state index is 11.8. The highest BCUT2D eigenvalue weighted by atomic mass is 16.6. The van der Waals surface area contributed by atoms with E-state index in [1.165, 1.54) is 7.11 Å². The number of benzene rings is 2. The molecule has 0 heterocycles. The maximum atomic E-state index is 11.8. The van der Waals surface area contributed by atoms with E-state index in [9.17, 15) is 9.59 Å². The number of rotatable bonds is 8. The van der Waals surface area contributed by atoms with Gasteiger partial charge in [-0.2, -0.15) is 0 Å². The molecule has 6 nitrogen and oxygen atoms in total. The van der Waals surface area contributed by atoms with Gasteiger partial charge >= 0.3 is 11.9 Å². The Kier molecular flexibility index (Phi) is 6.98. The number of ether oxygens (including phenoxy) is 4. The van der Waals surface area contributed by atoms with Crippen molar-refractivity contribution in [2.45, 2.75) is 19.6 Å². The Bertz CT molecular complexity index is 681. The minimum Gasteiger partial charge on any atom is -0.479 e. The molecule has 0 aromatic heterocycles. The highest BCUT2D eigenvalue weighted by Gasteiger charge is 2.14. The molecule has 0 unspecified atom stereocenters. The smallest absolute Gasteiger partial charge is 0.346 e. The zero-order valence-electron chi connectivity index (χ0n) is 14.1. The fourth-order valence-electron chi connectivity index (χ4n) is 1.99. The van der Waals surface area contributed by atoms with Crippen LogP contribution in [0.25, 0.3) is 0 Å². The molecule has 0 radical (unpaired) electrons. The predicted octanol–water partition coefficient (Wildman–Crippen LogP) is 2.75. The molecule has 2 aromatic rings. The summed E-state index contributed by atoms with van der Waals surface area (Å²) in [4.78, 5) is 23.1. The van der Waals surface area contributed by atoms with Crippen LogP contribution in [0.5, 0.6) is 11.5 Å². The van der Waals surface area contributed by atoms with Crippen molar-refractivity contribution in [1.29, 1.82) is 0 Å². The third kappa shape index (κ3) is 6.27. The fourth-order valence-corrected chi connectivity index (χ4v) is 1.99. The standard InChI is InChI=1S/C19H20O6/c1-14(19(21)22-2)24-16-8-10-17(11-9-16)25-18(20)13-23-12-15-6-4-3-5-7-15/h3-11,14H,12-13H2,1-2H3/t14-/m0/s1. The molecule has 0 fully saturated rings. The van der Waals surface area contributed by atoms with Gasteiger partial charge in [0.15, 0.2) is 6.10 Å². The Morgan fingerprint density at radius 1 is 0.960 bits per heavy atom. The average molecular weight is 344 g/mol. The lowest BCUT2D eigenvalue weighted by Gasteiger charge is -2.12. The minimum atomic E-state index is -0.718. The number of carbonyl (C=O) groups is 2. The third-order valence-electron chi connectivity index (χ3n) is 3.23. The van der Waals surface area contributed by atoms with Gasteiger partial charge in [0.25, 0.3) is 0 Å².